The Labute approximate surface area is 109 Å². The third-order valence-corrected chi connectivity index (χ3v) is 5.88. The molecule has 1 aromatic heterocycles. The molecule has 104 valence electrons. The monoisotopic (exact) mass is 274 g/mol. The van der Waals surface area contributed by atoms with E-state index in [1.54, 1.807) is 21.0 Å². The Morgan fingerprint density at radius 2 is 1.94 bits per heavy atom. The summed E-state index contributed by atoms with van der Waals surface area (Å²) in [5.74, 6) is 0.0498. The summed E-state index contributed by atoms with van der Waals surface area (Å²) in [4.78, 5) is 0.106. The van der Waals surface area contributed by atoms with Crippen LogP contribution >= 0.6 is 0 Å². The van der Waals surface area contributed by atoms with Crippen LogP contribution < -0.4 is 5.73 Å². The first-order chi connectivity index (χ1) is 8.05. The lowest BCUT2D eigenvalue weighted by atomic mass is 10.0. The molecule has 18 heavy (non-hydrogen) atoms. The van der Waals surface area contributed by atoms with Gasteiger partial charge in [-0.15, -0.1) is 0 Å². The highest BCUT2D eigenvalue weighted by molar-refractivity contribution is 7.89. The van der Waals surface area contributed by atoms with Crippen LogP contribution in [0.15, 0.2) is 4.90 Å². The molecule has 0 aliphatic heterocycles. The molecule has 0 fully saturated rings. The molecule has 0 amide bonds. The first-order valence-electron chi connectivity index (χ1n) is 5.83. The second-order valence-corrected chi connectivity index (χ2v) is 6.97. The van der Waals surface area contributed by atoms with Gasteiger partial charge in [0.1, 0.15) is 4.90 Å². The van der Waals surface area contributed by atoms with Crippen molar-refractivity contribution >= 4 is 15.8 Å². The largest absolute Gasteiger partial charge is 0.381 e. The topological polar surface area (TPSA) is 81.2 Å². The van der Waals surface area contributed by atoms with E-state index in [1.807, 2.05) is 20.8 Å². The van der Waals surface area contributed by atoms with Crippen molar-refractivity contribution in [1.82, 2.24) is 14.1 Å². The molecule has 0 aromatic carbocycles. The minimum absolute atomic E-state index is 0.0498. The molecule has 0 bridgehead atoms. The standard InChI is InChI=1S/C11H22N4O2S/c1-7-11(3,4)15(6)18(16,17)9-8(2)14(5)13-10(9)12/h7H2,1-6H3,(H2,12,13). The zero-order chi connectivity index (χ0) is 14.3. The van der Waals surface area contributed by atoms with Crippen molar-refractivity contribution in [2.45, 2.75) is 44.6 Å². The van der Waals surface area contributed by atoms with Gasteiger partial charge in [0.2, 0.25) is 10.0 Å². The fourth-order valence-electron chi connectivity index (χ4n) is 1.62. The first kappa shape index (κ1) is 15.0. The summed E-state index contributed by atoms with van der Waals surface area (Å²) in [6.45, 7) is 7.41. The number of hydrogen-bond donors (Lipinski definition) is 1. The van der Waals surface area contributed by atoms with E-state index in [0.717, 1.165) is 0 Å². The van der Waals surface area contributed by atoms with E-state index in [1.165, 1.54) is 8.99 Å². The summed E-state index contributed by atoms with van der Waals surface area (Å²) < 4.78 is 28.0. The van der Waals surface area contributed by atoms with E-state index in [9.17, 15) is 8.42 Å². The molecule has 0 atom stereocenters. The second-order valence-electron chi connectivity index (χ2n) is 5.06. The molecular weight excluding hydrogens is 252 g/mol. The number of nitrogens with two attached hydrogens (primary N) is 1. The Morgan fingerprint density at radius 1 is 1.44 bits per heavy atom. The predicted molar refractivity (Wildman–Crippen MR) is 71.7 cm³/mol. The smallest absolute Gasteiger partial charge is 0.248 e. The van der Waals surface area contributed by atoms with Crippen molar-refractivity contribution in [3.63, 3.8) is 0 Å². The number of aromatic nitrogens is 2. The maximum absolute atomic E-state index is 12.6. The van der Waals surface area contributed by atoms with E-state index in [-0.39, 0.29) is 10.7 Å². The zero-order valence-corrected chi connectivity index (χ0v) is 12.7. The van der Waals surface area contributed by atoms with Gasteiger partial charge in [0, 0.05) is 19.6 Å². The van der Waals surface area contributed by atoms with Crippen molar-refractivity contribution in [2.24, 2.45) is 7.05 Å². The van der Waals surface area contributed by atoms with Crippen LogP contribution in [0.5, 0.6) is 0 Å². The molecule has 1 heterocycles. The van der Waals surface area contributed by atoms with Crippen molar-refractivity contribution < 1.29 is 8.42 Å². The van der Waals surface area contributed by atoms with E-state index in [4.69, 9.17) is 5.73 Å². The van der Waals surface area contributed by atoms with Crippen LogP contribution in [-0.4, -0.2) is 35.1 Å². The molecular formula is C11H22N4O2S. The Balaban J connectivity index is 3.39. The molecule has 2 N–H and O–H groups in total. The van der Waals surface area contributed by atoms with Gasteiger partial charge in [0.05, 0.1) is 5.69 Å². The lowest BCUT2D eigenvalue weighted by molar-refractivity contribution is 0.257. The van der Waals surface area contributed by atoms with E-state index < -0.39 is 15.6 Å². The highest BCUT2D eigenvalue weighted by Crippen LogP contribution is 2.29. The lowest BCUT2D eigenvalue weighted by Gasteiger charge is -2.33. The molecule has 0 saturated carbocycles. The number of anilines is 1. The molecule has 1 aromatic rings. The van der Waals surface area contributed by atoms with Crippen molar-refractivity contribution in [1.29, 1.82) is 0 Å². The molecule has 0 spiro atoms. The number of aryl methyl sites for hydroxylation is 1. The van der Waals surface area contributed by atoms with Gasteiger partial charge in [-0.25, -0.2) is 8.42 Å². The number of nitrogen functional groups attached to an aromatic ring is 1. The van der Waals surface area contributed by atoms with Gasteiger partial charge in [0.25, 0.3) is 0 Å². The second kappa shape index (κ2) is 4.55. The molecule has 7 heteroatoms. The summed E-state index contributed by atoms with van der Waals surface area (Å²) in [6.07, 6.45) is 0.710. The van der Waals surface area contributed by atoms with Gasteiger partial charge in [-0.05, 0) is 27.2 Å². The summed E-state index contributed by atoms with van der Waals surface area (Å²) in [6, 6.07) is 0. The number of nitrogens with zero attached hydrogens (tertiary/aromatic N) is 3. The highest BCUT2D eigenvalue weighted by atomic mass is 32.2. The summed E-state index contributed by atoms with van der Waals surface area (Å²) in [7, 11) is -0.374. The van der Waals surface area contributed by atoms with Gasteiger partial charge in [0.15, 0.2) is 5.82 Å². The van der Waals surface area contributed by atoms with Crippen LogP contribution in [0.4, 0.5) is 5.82 Å². The Morgan fingerprint density at radius 3 is 2.28 bits per heavy atom. The van der Waals surface area contributed by atoms with Crippen LogP contribution in [0.25, 0.3) is 0 Å². The minimum atomic E-state index is -3.62. The van der Waals surface area contributed by atoms with Crippen LogP contribution in [-0.2, 0) is 17.1 Å². The van der Waals surface area contributed by atoms with Gasteiger partial charge < -0.3 is 5.73 Å². The van der Waals surface area contributed by atoms with E-state index in [2.05, 4.69) is 5.10 Å². The minimum Gasteiger partial charge on any atom is -0.381 e. The van der Waals surface area contributed by atoms with Crippen LogP contribution in [0, 0.1) is 6.92 Å². The molecule has 0 radical (unpaired) electrons. The zero-order valence-electron chi connectivity index (χ0n) is 11.9. The molecule has 1 rings (SSSR count). The quantitative estimate of drug-likeness (QED) is 0.892. The Kier molecular flexibility index (Phi) is 3.78. The van der Waals surface area contributed by atoms with Crippen LogP contribution in [0.2, 0.25) is 0 Å². The fourth-order valence-corrected chi connectivity index (χ4v) is 3.48. The van der Waals surface area contributed by atoms with Gasteiger partial charge >= 0.3 is 0 Å². The van der Waals surface area contributed by atoms with Gasteiger partial charge in [-0.3, -0.25) is 4.68 Å². The average Bonchev–Trinajstić information content (AvgIpc) is 2.52. The fraction of sp³-hybridized carbons (Fsp3) is 0.727. The Bertz CT molecular complexity index is 546. The van der Waals surface area contributed by atoms with E-state index >= 15 is 0 Å². The average molecular weight is 274 g/mol. The maximum atomic E-state index is 12.6. The van der Waals surface area contributed by atoms with Gasteiger partial charge in [-0.2, -0.15) is 9.40 Å². The van der Waals surface area contributed by atoms with Gasteiger partial charge in [-0.1, -0.05) is 6.92 Å². The first-order valence-corrected chi connectivity index (χ1v) is 7.27. The number of rotatable bonds is 4. The van der Waals surface area contributed by atoms with Crippen LogP contribution in [0.3, 0.4) is 0 Å². The SMILES string of the molecule is CCC(C)(C)N(C)S(=O)(=O)c1c(N)nn(C)c1C. The van der Waals surface area contributed by atoms with Crippen molar-refractivity contribution in [2.75, 3.05) is 12.8 Å². The lowest BCUT2D eigenvalue weighted by Crippen LogP contribution is -2.44. The summed E-state index contributed by atoms with van der Waals surface area (Å²) in [5, 5.41) is 3.96. The summed E-state index contributed by atoms with van der Waals surface area (Å²) in [5.41, 5.74) is 5.80. The highest BCUT2D eigenvalue weighted by Gasteiger charge is 2.36. The summed E-state index contributed by atoms with van der Waals surface area (Å²) >= 11 is 0. The van der Waals surface area contributed by atoms with Crippen molar-refractivity contribution in [3.8, 4) is 0 Å². The molecule has 6 nitrogen and oxygen atoms in total. The third kappa shape index (κ3) is 2.24. The third-order valence-electron chi connectivity index (χ3n) is 3.64. The van der Waals surface area contributed by atoms with Crippen molar-refractivity contribution in [3.05, 3.63) is 5.69 Å². The molecule has 0 aliphatic carbocycles. The maximum Gasteiger partial charge on any atom is 0.248 e. The normalized spacial score (nSPS) is 13.3. The number of sulfonamides is 1. The Hall–Kier alpha value is -1.08. The number of hydrogen-bond acceptors (Lipinski definition) is 4. The predicted octanol–water partition coefficient (Wildman–Crippen LogP) is 1.12. The molecule has 0 saturated heterocycles. The van der Waals surface area contributed by atoms with E-state index in [0.29, 0.717) is 12.1 Å². The van der Waals surface area contributed by atoms with Crippen LogP contribution in [0.1, 0.15) is 32.9 Å². The molecule has 0 unspecified atom stereocenters. The molecule has 0 aliphatic rings.